The van der Waals surface area contributed by atoms with Crippen LogP contribution in [0.25, 0.3) is 0 Å². The van der Waals surface area contributed by atoms with Crippen molar-refractivity contribution in [1.82, 2.24) is 0 Å². The second-order valence-corrected chi connectivity index (χ2v) is 1.85. The van der Waals surface area contributed by atoms with Crippen molar-refractivity contribution in [3.8, 4) is 0 Å². The van der Waals surface area contributed by atoms with Crippen LogP contribution in [-0.4, -0.2) is 46.1 Å². The molecule has 0 aromatic heterocycles. The zero-order valence-corrected chi connectivity index (χ0v) is 14.7. The third kappa shape index (κ3) is 67.0. The van der Waals surface area contributed by atoms with Gasteiger partial charge in [-0.15, -0.1) is 0 Å². The average Bonchev–Trinajstić information content (AvgIpc) is 0.722. The molecule has 8 heteroatoms. The second kappa shape index (κ2) is 9.86. The van der Waals surface area contributed by atoms with Crippen LogP contribution in [-0.2, 0) is 68.0 Å². The van der Waals surface area contributed by atoms with Gasteiger partial charge in [-0.25, -0.2) is 0 Å². The summed E-state index contributed by atoms with van der Waals surface area (Å²) in [7, 11) is 0. The van der Waals surface area contributed by atoms with Crippen molar-refractivity contribution in [2.45, 2.75) is 0 Å². The molecule has 0 aromatic rings. The molecule has 0 atom stereocenters. The van der Waals surface area contributed by atoms with Crippen molar-refractivity contribution >= 4 is 37.7 Å². The maximum atomic E-state index is 8.82. The molecule has 0 spiro atoms. The molecule has 0 fully saturated rings. The Morgan fingerprint density at radius 2 is 1.25 bits per heavy atom. The third-order valence-electron chi connectivity index (χ3n) is 0. The largest absolute Gasteiger partial charge is 0 e. The molecule has 0 heterocycles. The van der Waals surface area contributed by atoms with E-state index in [1.54, 1.807) is 0 Å². The predicted octanol–water partition coefficient (Wildman–Crippen LogP) is -1.51. The molecule has 0 radical (unpaired) electrons. The Bertz CT molecular complexity index is 106. The molecule has 0 bridgehead atoms. The van der Waals surface area contributed by atoms with Crippen LogP contribution in [0.4, 0.5) is 0 Å². The Morgan fingerprint density at radius 1 is 1.25 bits per heavy atom. The summed E-state index contributed by atoms with van der Waals surface area (Å²) in [5, 5.41) is 0. The maximum Gasteiger partial charge on any atom is 0 e. The molecule has 0 unspecified atom stereocenters. The van der Waals surface area contributed by atoms with Crippen molar-refractivity contribution in [2.75, 3.05) is 0 Å². The summed E-state index contributed by atoms with van der Waals surface area (Å²) in [6.45, 7) is 0. The summed E-state index contributed by atoms with van der Waals surface area (Å²) >= 11 is -5.25. The molecular formula is H4CaCdCrO4Zn. The van der Waals surface area contributed by atoms with E-state index in [4.69, 9.17) is 15.9 Å². The predicted molar refractivity (Wildman–Crippen MR) is 13.8 cm³/mol. The molecular weight excluding hydrogens is 334 g/mol. The first kappa shape index (κ1) is 22.4. The first-order valence-electron chi connectivity index (χ1n) is 0.698. The van der Waals surface area contributed by atoms with Gasteiger partial charge in [-0.3, -0.25) is 0 Å². The summed E-state index contributed by atoms with van der Waals surface area (Å²) in [6.07, 6.45) is 0. The van der Waals surface area contributed by atoms with Crippen molar-refractivity contribution in [1.29, 1.82) is 0 Å². The van der Waals surface area contributed by atoms with Gasteiger partial charge in [-0.05, 0) is 0 Å². The van der Waals surface area contributed by atoms with Gasteiger partial charge in [0, 0.05) is 46.8 Å². The van der Waals surface area contributed by atoms with Crippen LogP contribution in [0.3, 0.4) is 0 Å². The van der Waals surface area contributed by atoms with Crippen LogP contribution < -0.4 is 0 Å². The van der Waals surface area contributed by atoms with Crippen molar-refractivity contribution in [3.63, 3.8) is 0 Å². The first-order chi connectivity index (χ1) is 2.00. The molecule has 40 valence electrons. The quantitative estimate of drug-likeness (QED) is 0.527. The van der Waals surface area contributed by atoms with E-state index in [9.17, 15) is 0 Å². The minimum Gasteiger partial charge on any atom is 0 e. The Hall–Kier alpha value is 2.86. The zero-order chi connectivity index (χ0) is 4.50. The van der Waals surface area contributed by atoms with Crippen LogP contribution >= 0.6 is 0 Å². The second-order valence-electron chi connectivity index (χ2n) is 0.448. The fraction of sp³-hybridized carbons (Fsp3) is 0. The Kier molecular flexibility index (Phi) is 27.6. The molecule has 2 N–H and O–H groups in total. The fourth-order valence-electron chi connectivity index (χ4n) is 0. The Labute approximate surface area is 115 Å². The van der Waals surface area contributed by atoms with Gasteiger partial charge in [-0.2, -0.15) is 0 Å². The van der Waals surface area contributed by atoms with Gasteiger partial charge in [0.15, 0.2) is 0 Å². The van der Waals surface area contributed by atoms with Gasteiger partial charge in [0.05, 0.1) is 0 Å². The monoisotopic (exact) mass is 338 g/mol. The SMILES string of the molecule is [Ca+2].[Cd].[H-].[H-].[O]=[Cr](=[O])([OH])[OH].[Zn]. The minimum absolute atomic E-state index is 0. The average molecular weight is 338 g/mol. The zero-order valence-electron chi connectivity index (χ0n) is 6.24. The van der Waals surface area contributed by atoms with E-state index in [0.717, 1.165) is 0 Å². The van der Waals surface area contributed by atoms with Gasteiger partial charge in [0.1, 0.15) is 0 Å². The van der Waals surface area contributed by atoms with Crippen molar-refractivity contribution in [3.05, 3.63) is 0 Å². The van der Waals surface area contributed by atoms with E-state index in [1.165, 1.54) is 0 Å². The summed E-state index contributed by atoms with van der Waals surface area (Å²) in [5.74, 6) is 0. The summed E-state index contributed by atoms with van der Waals surface area (Å²) in [4.78, 5) is 0. The summed E-state index contributed by atoms with van der Waals surface area (Å²) in [5.41, 5.74) is 0. The van der Waals surface area contributed by atoms with E-state index >= 15 is 0 Å². The van der Waals surface area contributed by atoms with Crippen LogP contribution in [0.2, 0.25) is 0 Å². The molecule has 0 saturated carbocycles. The Balaban J connectivity index is -0.00000000800. The van der Waals surface area contributed by atoms with Gasteiger partial charge in [0.25, 0.3) is 0 Å². The maximum absolute atomic E-state index is 8.82. The smallest absolute Gasteiger partial charge is 0 e. The molecule has 8 heavy (non-hydrogen) atoms. The molecule has 0 rings (SSSR count). The van der Waals surface area contributed by atoms with Crippen LogP contribution in [0.15, 0.2) is 0 Å². The Morgan fingerprint density at radius 3 is 1.25 bits per heavy atom. The number of hydrogen-bond acceptors (Lipinski definition) is 2. The topological polar surface area (TPSA) is 74.6 Å². The van der Waals surface area contributed by atoms with E-state index in [-0.39, 0.29) is 87.4 Å². The third-order valence-corrected chi connectivity index (χ3v) is 0. The van der Waals surface area contributed by atoms with Crippen molar-refractivity contribution in [2.24, 2.45) is 0 Å². The van der Waals surface area contributed by atoms with E-state index in [2.05, 4.69) is 0 Å². The molecule has 0 amide bonds. The van der Waals surface area contributed by atoms with Gasteiger partial charge < -0.3 is 2.85 Å². The summed E-state index contributed by atoms with van der Waals surface area (Å²) < 4.78 is 31.9. The first-order valence-corrected chi connectivity index (χ1v) is 2.88. The molecule has 0 aliphatic carbocycles. The van der Waals surface area contributed by atoms with E-state index in [1.807, 2.05) is 0 Å². The fourth-order valence-corrected chi connectivity index (χ4v) is 0. The van der Waals surface area contributed by atoms with Gasteiger partial charge in [-0.1, -0.05) is 0 Å². The molecule has 0 saturated heterocycles. The van der Waals surface area contributed by atoms with Gasteiger partial charge >= 0.3 is 67.3 Å². The number of hydrogen-bond donors (Lipinski definition) is 2. The number of rotatable bonds is 0. The standard InChI is InChI=1S/Ca.Cd.Cr.2H2O.2O.Zn.2H/h;;;2*1H2;;;;;/q+2;;+2;;;;;;2*-1/p-2. The molecule has 0 aliphatic heterocycles. The molecule has 0 aromatic carbocycles. The minimum atomic E-state index is -5.25. The van der Waals surface area contributed by atoms with Crippen LogP contribution in [0.5, 0.6) is 0 Å². The van der Waals surface area contributed by atoms with E-state index in [0.29, 0.717) is 0 Å². The molecule has 0 aliphatic rings. The normalized spacial score (nSPS) is 7.25. The molecule has 4 nitrogen and oxygen atoms in total. The van der Waals surface area contributed by atoms with Crippen molar-refractivity contribution < 1.29 is 79.2 Å². The van der Waals surface area contributed by atoms with Crippen LogP contribution in [0.1, 0.15) is 2.85 Å². The van der Waals surface area contributed by atoms with Crippen LogP contribution in [0, 0.1) is 0 Å². The van der Waals surface area contributed by atoms with Gasteiger partial charge in [0.2, 0.25) is 0 Å². The summed E-state index contributed by atoms with van der Waals surface area (Å²) in [6, 6.07) is 0. The van der Waals surface area contributed by atoms with E-state index < -0.39 is 13.6 Å².